The number of anilines is 1. The van der Waals surface area contributed by atoms with E-state index >= 15 is 0 Å². The van der Waals surface area contributed by atoms with Crippen LogP contribution in [-0.4, -0.2) is 36.5 Å². The molecule has 3 rings (SSSR count). The van der Waals surface area contributed by atoms with Crippen LogP contribution in [0.4, 0.5) is 14.9 Å². The molecule has 0 bridgehead atoms. The van der Waals surface area contributed by atoms with Crippen molar-refractivity contribution < 1.29 is 14.0 Å². The van der Waals surface area contributed by atoms with Gasteiger partial charge in [0.2, 0.25) is 0 Å². The SMILES string of the molecule is CCNC(=O)N1CCCC(c2cccc(C(=O)Nc3ccc(C)cc3F)c2)C1. The third kappa shape index (κ3) is 4.68. The molecular weight excluding hydrogens is 357 g/mol. The van der Waals surface area contributed by atoms with E-state index in [2.05, 4.69) is 10.6 Å². The summed E-state index contributed by atoms with van der Waals surface area (Å²) in [6.07, 6.45) is 1.89. The molecule has 3 amide bonds. The summed E-state index contributed by atoms with van der Waals surface area (Å²) < 4.78 is 14.0. The van der Waals surface area contributed by atoms with Gasteiger partial charge in [-0.15, -0.1) is 0 Å². The zero-order valence-electron chi connectivity index (χ0n) is 16.3. The highest BCUT2D eigenvalue weighted by Crippen LogP contribution is 2.28. The number of urea groups is 1. The average Bonchev–Trinajstić information content (AvgIpc) is 2.70. The molecule has 0 spiro atoms. The normalized spacial score (nSPS) is 16.5. The highest BCUT2D eigenvalue weighted by atomic mass is 19.1. The molecule has 1 atom stereocenters. The third-order valence-electron chi connectivity index (χ3n) is 5.03. The van der Waals surface area contributed by atoms with Crippen molar-refractivity contribution in [2.75, 3.05) is 25.0 Å². The van der Waals surface area contributed by atoms with Crippen LogP contribution in [0.25, 0.3) is 0 Å². The number of piperidine rings is 1. The summed E-state index contributed by atoms with van der Waals surface area (Å²) in [5.41, 5.74) is 2.46. The van der Waals surface area contributed by atoms with E-state index in [0.717, 1.165) is 30.5 Å². The molecule has 1 aliphatic rings. The van der Waals surface area contributed by atoms with E-state index in [0.29, 0.717) is 18.7 Å². The third-order valence-corrected chi connectivity index (χ3v) is 5.03. The number of rotatable bonds is 4. The molecule has 0 aliphatic carbocycles. The Morgan fingerprint density at radius 3 is 2.79 bits per heavy atom. The fraction of sp³-hybridized carbons (Fsp3) is 0.364. The molecule has 1 unspecified atom stereocenters. The van der Waals surface area contributed by atoms with Crippen molar-refractivity contribution in [3.63, 3.8) is 0 Å². The Morgan fingerprint density at radius 1 is 1.21 bits per heavy atom. The van der Waals surface area contributed by atoms with Crippen molar-refractivity contribution in [2.45, 2.75) is 32.6 Å². The average molecular weight is 383 g/mol. The molecule has 5 nitrogen and oxygen atoms in total. The quantitative estimate of drug-likeness (QED) is 0.827. The first kappa shape index (κ1) is 19.9. The monoisotopic (exact) mass is 383 g/mol. The van der Waals surface area contributed by atoms with E-state index < -0.39 is 5.82 Å². The number of amides is 3. The molecule has 2 aromatic rings. The van der Waals surface area contributed by atoms with Gasteiger partial charge in [-0.3, -0.25) is 4.79 Å². The van der Waals surface area contributed by atoms with Gasteiger partial charge in [-0.1, -0.05) is 18.2 Å². The number of nitrogens with one attached hydrogen (secondary N) is 2. The van der Waals surface area contributed by atoms with Crippen molar-refractivity contribution >= 4 is 17.6 Å². The minimum Gasteiger partial charge on any atom is -0.338 e. The predicted octanol–water partition coefficient (Wildman–Crippen LogP) is 4.30. The molecule has 0 radical (unpaired) electrons. The van der Waals surface area contributed by atoms with Crippen LogP contribution in [0.5, 0.6) is 0 Å². The Hall–Kier alpha value is -2.89. The highest BCUT2D eigenvalue weighted by Gasteiger charge is 2.25. The van der Waals surface area contributed by atoms with E-state index in [1.165, 1.54) is 6.07 Å². The fourth-order valence-electron chi connectivity index (χ4n) is 3.55. The van der Waals surface area contributed by atoms with Crippen LogP contribution in [-0.2, 0) is 0 Å². The van der Waals surface area contributed by atoms with Crippen molar-refractivity contribution in [3.05, 3.63) is 65.0 Å². The summed E-state index contributed by atoms with van der Waals surface area (Å²) in [6, 6.07) is 12.0. The van der Waals surface area contributed by atoms with Crippen molar-refractivity contribution in [1.29, 1.82) is 0 Å². The largest absolute Gasteiger partial charge is 0.338 e. The Morgan fingerprint density at radius 2 is 2.04 bits per heavy atom. The summed E-state index contributed by atoms with van der Waals surface area (Å²) in [4.78, 5) is 26.5. The minimum absolute atomic E-state index is 0.0454. The topological polar surface area (TPSA) is 61.4 Å². The summed E-state index contributed by atoms with van der Waals surface area (Å²) in [6.45, 7) is 5.68. The maximum absolute atomic E-state index is 14.0. The number of hydrogen-bond donors (Lipinski definition) is 2. The Balaban J connectivity index is 1.72. The van der Waals surface area contributed by atoms with E-state index in [1.807, 2.05) is 30.0 Å². The highest BCUT2D eigenvalue weighted by molar-refractivity contribution is 6.04. The lowest BCUT2D eigenvalue weighted by atomic mass is 9.89. The van der Waals surface area contributed by atoms with Crippen LogP contribution >= 0.6 is 0 Å². The van der Waals surface area contributed by atoms with Crippen LogP contribution in [0, 0.1) is 12.7 Å². The molecule has 1 heterocycles. The van der Waals surface area contributed by atoms with Crippen LogP contribution in [0.1, 0.15) is 47.2 Å². The summed E-state index contributed by atoms with van der Waals surface area (Å²) >= 11 is 0. The molecule has 6 heteroatoms. The minimum atomic E-state index is -0.450. The van der Waals surface area contributed by atoms with Crippen LogP contribution in [0.2, 0.25) is 0 Å². The van der Waals surface area contributed by atoms with Gasteiger partial charge in [-0.2, -0.15) is 0 Å². The molecule has 1 saturated heterocycles. The molecular formula is C22H26FN3O2. The maximum atomic E-state index is 14.0. The lowest BCUT2D eigenvalue weighted by Crippen LogP contribution is -2.44. The molecule has 0 saturated carbocycles. The summed E-state index contributed by atoms with van der Waals surface area (Å²) in [7, 11) is 0. The second kappa shape index (κ2) is 8.87. The predicted molar refractivity (Wildman–Crippen MR) is 108 cm³/mol. The standard InChI is InChI=1S/C22H26FN3O2/c1-3-24-22(28)26-11-5-8-18(14-26)16-6-4-7-17(13-16)21(27)25-20-10-9-15(2)12-19(20)23/h4,6-7,9-10,12-13,18H,3,5,8,11,14H2,1-2H3,(H,24,28)(H,25,27). The fourth-order valence-corrected chi connectivity index (χ4v) is 3.55. The second-order valence-electron chi connectivity index (χ2n) is 7.18. The Labute approximate surface area is 164 Å². The van der Waals surface area contributed by atoms with Gasteiger partial charge in [-0.05, 0) is 62.1 Å². The zero-order chi connectivity index (χ0) is 20.1. The van der Waals surface area contributed by atoms with Gasteiger partial charge in [0.15, 0.2) is 0 Å². The van der Waals surface area contributed by atoms with Crippen molar-refractivity contribution in [1.82, 2.24) is 10.2 Å². The summed E-state index contributed by atoms with van der Waals surface area (Å²) in [5, 5.41) is 5.48. The summed E-state index contributed by atoms with van der Waals surface area (Å²) in [5.74, 6) is -0.615. The number of hydrogen-bond acceptors (Lipinski definition) is 2. The van der Waals surface area contributed by atoms with Crippen LogP contribution < -0.4 is 10.6 Å². The number of halogens is 1. The smallest absolute Gasteiger partial charge is 0.317 e. The van der Waals surface area contributed by atoms with Crippen molar-refractivity contribution in [2.24, 2.45) is 0 Å². The zero-order valence-corrected chi connectivity index (χ0v) is 16.3. The number of carbonyl (C=O) groups is 2. The lowest BCUT2D eigenvalue weighted by Gasteiger charge is -2.33. The van der Waals surface area contributed by atoms with Gasteiger partial charge < -0.3 is 15.5 Å². The van der Waals surface area contributed by atoms with Crippen LogP contribution in [0.15, 0.2) is 42.5 Å². The number of benzene rings is 2. The number of nitrogens with zero attached hydrogens (tertiary/aromatic N) is 1. The van der Waals surface area contributed by atoms with Crippen molar-refractivity contribution in [3.8, 4) is 0 Å². The van der Waals surface area contributed by atoms with Crippen LogP contribution in [0.3, 0.4) is 0 Å². The first-order valence-corrected chi connectivity index (χ1v) is 9.68. The Kier molecular flexibility index (Phi) is 6.29. The van der Waals surface area contributed by atoms with Gasteiger partial charge in [0.1, 0.15) is 5.82 Å². The van der Waals surface area contributed by atoms with E-state index in [1.54, 1.807) is 25.1 Å². The van der Waals surface area contributed by atoms with E-state index in [9.17, 15) is 14.0 Å². The molecule has 148 valence electrons. The van der Waals surface area contributed by atoms with Gasteiger partial charge in [0.05, 0.1) is 5.69 Å². The molecule has 2 N–H and O–H groups in total. The number of carbonyl (C=O) groups excluding carboxylic acids is 2. The first-order chi connectivity index (χ1) is 13.5. The number of likely N-dealkylation sites (tertiary alicyclic amines) is 1. The maximum Gasteiger partial charge on any atom is 0.317 e. The van der Waals surface area contributed by atoms with E-state index in [4.69, 9.17) is 0 Å². The first-order valence-electron chi connectivity index (χ1n) is 9.68. The van der Waals surface area contributed by atoms with Gasteiger partial charge in [-0.25, -0.2) is 9.18 Å². The Bertz CT molecular complexity index is 869. The molecule has 28 heavy (non-hydrogen) atoms. The van der Waals surface area contributed by atoms with Gasteiger partial charge >= 0.3 is 6.03 Å². The molecule has 2 aromatic carbocycles. The molecule has 1 aliphatic heterocycles. The molecule has 1 fully saturated rings. The van der Waals surface area contributed by atoms with Gasteiger partial charge in [0.25, 0.3) is 5.91 Å². The number of aryl methyl sites for hydroxylation is 1. The van der Waals surface area contributed by atoms with E-state index in [-0.39, 0.29) is 23.5 Å². The molecule has 0 aromatic heterocycles. The van der Waals surface area contributed by atoms with Gasteiger partial charge in [0, 0.05) is 31.1 Å². The lowest BCUT2D eigenvalue weighted by molar-refractivity contribution is 0.102. The second-order valence-corrected chi connectivity index (χ2v) is 7.18.